The largest absolute Gasteiger partial charge is 0.490 e. The molecule has 1 amide bonds. The van der Waals surface area contributed by atoms with E-state index in [2.05, 4.69) is 10.3 Å². The van der Waals surface area contributed by atoms with E-state index in [1.54, 1.807) is 29.9 Å². The van der Waals surface area contributed by atoms with Crippen LogP contribution in [0, 0.1) is 0 Å². The summed E-state index contributed by atoms with van der Waals surface area (Å²) in [5, 5.41) is 0. The van der Waals surface area contributed by atoms with Crippen molar-refractivity contribution >= 4 is 15.9 Å². The molecule has 24 heavy (non-hydrogen) atoms. The molecule has 2 heterocycles. The van der Waals surface area contributed by atoms with Gasteiger partial charge in [0.1, 0.15) is 5.69 Å². The van der Waals surface area contributed by atoms with E-state index < -0.39 is 15.9 Å². The van der Waals surface area contributed by atoms with E-state index in [0.29, 0.717) is 30.4 Å². The second-order valence-corrected chi connectivity index (χ2v) is 6.91. The zero-order valence-electron chi connectivity index (χ0n) is 13.0. The lowest BCUT2D eigenvalue weighted by Gasteiger charge is -2.11. The number of benzene rings is 1. The van der Waals surface area contributed by atoms with Gasteiger partial charge >= 0.3 is 0 Å². The molecule has 2 aromatic rings. The molecule has 2 N–H and O–H groups in total. The zero-order chi connectivity index (χ0) is 17.2. The van der Waals surface area contributed by atoms with Gasteiger partial charge in [-0.25, -0.2) is 8.42 Å². The molecule has 0 saturated carbocycles. The highest BCUT2D eigenvalue weighted by Crippen LogP contribution is 2.31. The minimum Gasteiger partial charge on any atom is -0.490 e. The molecule has 0 bridgehead atoms. The van der Waals surface area contributed by atoms with E-state index in [1.807, 2.05) is 0 Å². The SMILES string of the molecule is Cn1cccc1C(=O)NNS(=O)(=O)c1ccc2c(c1)OCCCO2. The van der Waals surface area contributed by atoms with Crippen LogP contribution in [-0.2, 0) is 17.1 Å². The Balaban J connectivity index is 1.75. The molecule has 1 aromatic heterocycles. The number of sulfonamides is 1. The lowest BCUT2D eigenvalue weighted by atomic mass is 10.3. The Kier molecular flexibility index (Phi) is 4.45. The van der Waals surface area contributed by atoms with E-state index in [-0.39, 0.29) is 4.90 Å². The molecule has 0 spiro atoms. The molecule has 0 atom stereocenters. The Labute approximate surface area is 139 Å². The van der Waals surface area contributed by atoms with Gasteiger partial charge < -0.3 is 14.0 Å². The van der Waals surface area contributed by atoms with Crippen LogP contribution >= 0.6 is 0 Å². The van der Waals surface area contributed by atoms with Gasteiger partial charge in [-0.2, -0.15) is 0 Å². The molecule has 0 radical (unpaired) electrons. The maximum Gasteiger partial charge on any atom is 0.282 e. The highest BCUT2D eigenvalue weighted by molar-refractivity contribution is 7.89. The topological polar surface area (TPSA) is 98.7 Å². The van der Waals surface area contributed by atoms with Crippen molar-refractivity contribution in [1.29, 1.82) is 0 Å². The third kappa shape index (κ3) is 3.36. The first-order chi connectivity index (χ1) is 11.5. The minimum absolute atomic E-state index is 0.0288. The normalized spacial score (nSPS) is 14.0. The van der Waals surface area contributed by atoms with Crippen molar-refractivity contribution in [3.8, 4) is 11.5 Å². The Morgan fingerprint density at radius 3 is 2.62 bits per heavy atom. The van der Waals surface area contributed by atoms with Crippen molar-refractivity contribution in [3.05, 3.63) is 42.2 Å². The van der Waals surface area contributed by atoms with Crippen LogP contribution in [-0.4, -0.2) is 32.1 Å². The van der Waals surface area contributed by atoms with Gasteiger partial charge in [0.2, 0.25) is 0 Å². The molecule has 0 saturated heterocycles. The van der Waals surface area contributed by atoms with Crippen LogP contribution in [0.25, 0.3) is 0 Å². The van der Waals surface area contributed by atoms with Crippen LogP contribution in [0.1, 0.15) is 16.9 Å². The highest BCUT2D eigenvalue weighted by Gasteiger charge is 2.20. The summed E-state index contributed by atoms with van der Waals surface area (Å²) in [7, 11) is -2.24. The summed E-state index contributed by atoms with van der Waals surface area (Å²) in [5.41, 5.74) is 2.52. The monoisotopic (exact) mass is 351 g/mol. The number of hydrogen-bond donors (Lipinski definition) is 2. The van der Waals surface area contributed by atoms with E-state index in [1.165, 1.54) is 18.2 Å². The molecule has 128 valence electrons. The number of carbonyl (C=O) groups is 1. The molecule has 8 nitrogen and oxygen atoms in total. The summed E-state index contributed by atoms with van der Waals surface area (Å²) in [6.07, 6.45) is 2.41. The molecular formula is C15H17N3O5S. The second-order valence-electron chi connectivity index (χ2n) is 5.22. The first kappa shape index (κ1) is 16.3. The maximum absolute atomic E-state index is 12.3. The summed E-state index contributed by atoms with van der Waals surface area (Å²) in [6, 6.07) is 7.57. The van der Waals surface area contributed by atoms with Gasteiger partial charge in [0.05, 0.1) is 18.1 Å². The minimum atomic E-state index is -3.93. The lowest BCUT2D eigenvalue weighted by Crippen LogP contribution is -2.42. The number of aryl methyl sites for hydroxylation is 1. The van der Waals surface area contributed by atoms with Crippen LogP contribution in [0.5, 0.6) is 11.5 Å². The van der Waals surface area contributed by atoms with Crippen LogP contribution in [0.2, 0.25) is 0 Å². The van der Waals surface area contributed by atoms with Crippen LogP contribution < -0.4 is 19.7 Å². The van der Waals surface area contributed by atoms with Crippen molar-refractivity contribution < 1.29 is 22.7 Å². The van der Waals surface area contributed by atoms with Gasteiger partial charge in [-0.3, -0.25) is 10.2 Å². The Morgan fingerprint density at radius 1 is 1.17 bits per heavy atom. The van der Waals surface area contributed by atoms with Crippen molar-refractivity contribution in [1.82, 2.24) is 14.8 Å². The third-order valence-corrected chi connectivity index (χ3v) is 4.75. The Bertz CT molecular complexity index is 860. The number of aromatic nitrogens is 1. The third-order valence-electron chi connectivity index (χ3n) is 3.50. The molecule has 0 fully saturated rings. The fourth-order valence-corrected chi connectivity index (χ4v) is 3.10. The number of amides is 1. The summed E-state index contributed by atoms with van der Waals surface area (Å²) >= 11 is 0. The molecule has 0 aliphatic carbocycles. The molecule has 9 heteroatoms. The van der Waals surface area contributed by atoms with Crippen LogP contribution in [0.3, 0.4) is 0 Å². The Morgan fingerprint density at radius 2 is 1.92 bits per heavy atom. The predicted molar refractivity (Wildman–Crippen MR) is 85.2 cm³/mol. The number of rotatable bonds is 4. The fourth-order valence-electron chi connectivity index (χ4n) is 2.24. The number of hydrogen-bond acceptors (Lipinski definition) is 5. The smallest absolute Gasteiger partial charge is 0.282 e. The molecule has 0 unspecified atom stereocenters. The molecular weight excluding hydrogens is 334 g/mol. The Hall–Kier alpha value is -2.52. The summed E-state index contributed by atoms with van der Waals surface area (Å²) in [4.78, 5) is 14.0. The van der Waals surface area contributed by atoms with Crippen molar-refractivity contribution in [2.45, 2.75) is 11.3 Å². The van der Waals surface area contributed by atoms with Gasteiger partial charge in [0, 0.05) is 25.7 Å². The van der Waals surface area contributed by atoms with Gasteiger partial charge in [0.25, 0.3) is 15.9 Å². The lowest BCUT2D eigenvalue weighted by molar-refractivity contribution is 0.0937. The highest BCUT2D eigenvalue weighted by atomic mass is 32.2. The summed E-state index contributed by atoms with van der Waals surface area (Å²) in [6.45, 7) is 0.970. The predicted octanol–water partition coefficient (Wildman–Crippen LogP) is 0.810. The van der Waals surface area contributed by atoms with Gasteiger partial charge in [-0.1, -0.05) is 0 Å². The summed E-state index contributed by atoms with van der Waals surface area (Å²) in [5.74, 6) is 0.309. The van der Waals surface area contributed by atoms with E-state index in [4.69, 9.17) is 9.47 Å². The molecule has 1 aliphatic rings. The average Bonchev–Trinajstić information content (AvgIpc) is 2.85. The van der Waals surface area contributed by atoms with Crippen molar-refractivity contribution in [2.24, 2.45) is 7.05 Å². The first-order valence-corrected chi connectivity index (χ1v) is 8.79. The number of nitrogens with one attached hydrogen (secondary N) is 2. The number of carbonyl (C=O) groups excluding carboxylic acids is 1. The number of ether oxygens (including phenoxy) is 2. The second kappa shape index (κ2) is 6.54. The molecule has 3 rings (SSSR count). The first-order valence-electron chi connectivity index (χ1n) is 7.30. The van der Waals surface area contributed by atoms with Crippen molar-refractivity contribution in [2.75, 3.05) is 13.2 Å². The number of nitrogens with zero attached hydrogens (tertiary/aromatic N) is 1. The number of hydrazine groups is 1. The quantitative estimate of drug-likeness (QED) is 0.794. The van der Waals surface area contributed by atoms with E-state index in [9.17, 15) is 13.2 Å². The summed E-state index contributed by atoms with van der Waals surface area (Å²) < 4.78 is 37.2. The zero-order valence-corrected chi connectivity index (χ0v) is 13.8. The van der Waals surface area contributed by atoms with E-state index in [0.717, 1.165) is 6.42 Å². The van der Waals surface area contributed by atoms with E-state index >= 15 is 0 Å². The standard InChI is InChI=1S/C15H17N3O5S/c1-18-7-2-4-12(18)15(19)16-17-24(20,21)11-5-6-13-14(10-11)23-9-3-8-22-13/h2,4-7,10,17H,3,8-9H2,1H3,(H,16,19). The maximum atomic E-state index is 12.3. The van der Waals surface area contributed by atoms with Gasteiger partial charge in [-0.05, 0) is 24.3 Å². The van der Waals surface area contributed by atoms with Crippen LogP contribution in [0.4, 0.5) is 0 Å². The average molecular weight is 351 g/mol. The van der Waals surface area contributed by atoms with Gasteiger partial charge in [-0.15, -0.1) is 4.83 Å². The molecule has 1 aliphatic heterocycles. The fraction of sp³-hybridized carbons (Fsp3) is 0.267. The molecule has 1 aromatic carbocycles. The van der Waals surface area contributed by atoms with Crippen molar-refractivity contribution in [3.63, 3.8) is 0 Å². The van der Waals surface area contributed by atoms with Gasteiger partial charge in [0.15, 0.2) is 11.5 Å². The number of fused-ring (bicyclic) bond motifs is 1. The van der Waals surface area contributed by atoms with Crippen LogP contribution in [0.15, 0.2) is 41.4 Å².